The number of nitrogens with two attached hydrogens (primary N) is 1. The van der Waals surface area contributed by atoms with Crippen LogP contribution in [0.1, 0.15) is 30.0 Å². The van der Waals surface area contributed by atoms with Crippen molar-refractivity contribution in [2.45, 2.75) is 25.0 Å². The van der Waals surface area contributed by atoms with Crippen molar-refractivity contribution >= 4 is 27.5 Å². The van der Waals surface area contributed by atoms with Gasteiger partial charge in [-0.05, 0) is 58.1 Å². The van der Waals surface area contributed by atoms with Crippen LogP contribution in [0.5, 0.6) is 5.75 Å². The van der Waals surface area contributed by atoms with Crippen molar-refractivity contribution in [3.8, 4) is 5.75 Å². The minimum atomic E-state index is -0.183. The minimum absolute atomic E-state index is 0.183. The summed E-state index contributed by atoms with van der Waals surface area (Å²) in [6.45, 7) is 0. The third kappa shape index (κ3) is 3.40. The molecule has 3 N–H and O–H groups in total. The van der Waals surface area contributed by atoms with Crippen molar-refractivity contribution < 1.29 is 4.74 Å². The van der Waals surface area contributed by atoms with Gasteiger partial charge in [-0.25, -0.2) is 5.43 Å². The maximum Gasteiger partial charge on any atom is 0.120 e. The molecule has 1 aliphatic carbocycles. The van der Waals surface area contributed by atoms with E-state index in [4.69, 9.17) is 22.2 Å². The Morgan fingerprint density at radius 2 is 2.00 bits per heavy atom. The summed E-state index contributed by atoms with van der Waals surface area (Å²) in [5.41, 5.74) is 4.79. The molecule has 1 fully saturated rings. The summed E-state index contributed by atoms with van der Waals surface area (Å²) in [6.07, 6.45) is 2.65. The molecule has 0 saturated heterocycles. The van der Waals surface area contributed by atoms with E-state index in [9.17, 15) is 0 Å². The topological polar surface area (TPSA) is 47.3 Å². The zero-order chi connectivity index (χ0) is 14.8. The molecule has 0 aliphatic heterocycles. The summed E-state index contributed by atoms with van der Waals surface area (Å²) in [5, 5.41) is 0.661. The molecule has 3 nitrogen and oxygen atoms in total. The van der Waals surface area contributed by atoms with E-state index in [1.807, 2.05) is 42.5 Å². The van der Waals surface area contributed by atoms with Gasteiger partial charge in [-0.2, -0.15) is 0 Å². The predicted octanol–water partition coefficient (Wildman–Crippen LogP) is 4.20. The van der Waals surface area contributed by atoms with Crippen molar-refractivity contribution in [2.24, 2.45) is 5.84 Å². The van der Waals surface area contributed by atoms with Gasteiger partial charge in [-0.1, -0.05) is 35.9 Å². The molecule has 3 rings (SSSR count). The van der Waals surface area contributed by atoms with E-state index < -0.39 is 0 Å². The van der Waals surface area contributed by atoms with E-state index in [-0.39, 0.29) is 6.04 Å². The molecule has 21 heavy (non-hydrogen) atoms. The SMILES string of the molecule is NNC(c1cccc(OC2CC2)c1)c1cccc(Br)c1Cl. The summed E-state index contributed by atoms with van der Waals surface area (Å²) >= 11 is 9.82. The Balaban J connectivity index is 1.93. The monoisotopic (exact) mass is 366 g/mol. The third-order valence-electron chi connectivity index (χ3n) is 3.48. The van der Waals surface area contributed by atoms with Gasteiger partial charge in [-0.15, -0.1) is 0 Å². The van der Waals surface area contributed by atoms with Crippen LogP contribution in [0.15, 0.2) is 46.9 Å². The fourth-order valence-electron chi connectivity index (χ4n) is 2.25. The average molecular weight is 368 g/mol. The number of hydrogen-bond donors (Lipinski definition) is 2. The highest BCUT2D eigenvalue weighted by molar-refractivity contribution is 9.10. The molecular formula is C16H16BrClN2O. The molecule has 2 aromatic carbocycles. The van der Waals surface area contributed by atoms with E-state index in [2.05, 4.69) is 21.4 Å². The lowest BCUT2D eigenvalue weighted by atomic mass is 9.99. The van der Waals surface area contributed by atoms with Crippen LogP contribution in [-0.2, 0) is 0 Å². The van der Waals surface area contributed by atoms with Gasteiger partial charge in [0.05, 0.1) is 17.2 Å². The standard InChI is InChI=1S/C16H16BrClN2O/c17-14-6-2-5-13(15(14)18)16(20-19)10-3-1-4-12(9-10)21-11-7-8-11/h1-6,9,11,16,20H,7-8,19H2. The first-order valence-corrected chi connectivity index (χ1v) is 8.03. The molecule has 0 bridgehead atoms. The van der Waals surface area contributed by atoms with Crippen molar-refractivity contribution in [1.29, 1.82) is 0 Å². The molecule has 0 aromatic heterocycles. The number of hydrogen-bond acceptors (Lipinski definition) is 3. The van der Waals surface area contributed by atoms with Crippen LogP contribution >= 0.6 is 27.5 Å². The van der Waals surface area contributed by atoms with Crippen molar-refractivity contribution in [2.75, 3.05) is 0 Å². The van der Waals surface area contributed by atoms with Gasteiger partial charge in [0.15, 0.2) is 0 Å². The highest BCUT2D eigenvalue weighted by atomic mass is 79.9. The van der Waals surface area contributed by atoms with Crippen molar-refractivity contribution in [3.05, 3.63) is 63.1 Å². The molecule has 1 saturated carbocycles. The second-order valence-corrected chi connectivity index (χ2v) is 6.36. The summed E-state index contributed by atoms with van der Waals surface area (Å²) in [5.74, 6) is 6.63. The molecule has 1 unspecified atom stereocenters. The maximum absolute atomic E-state index is 6.38. The van der Waals surface area contributed by atoms with Crippen LogP contribution in [0.2, 0.25) is 5.02 Å². The Hall–Kier alpha value is -1.07. The Morgan fingerprint density at radius 3 is 2.71 bits per heavy atom. The fourth-order valence-corrected chi connectivity index (χ4v) is 2.87. The third-order valence-corrected chi connectivity index (χ3v) is 4.79. The van der Waals surface area contributed by atoms with Crippen LogP contribution in [-0.4, -0.2) is 6.10 Å². The smallest absolute Gasteiger partial charge is 0.120 e. The molecule has 0 spiro atoms. The number of ether oxygens (including phenoxy) is 1. The molecule has 0 radical (unpaired) electrons. The van der Waals surface area contributed by atoms with E-state index in [0.717, 1.165) is 34.2 Å². The second kappa shape index (κ2) is 6.36. The lowest BCUT2D eigenvalue weighted by Crippen LogP contribution is -2.29. The molecule has 2 aromatic rings. The first-order chi connectivity index (χ1) is 10.2. The van der Waals surface area contributed by atoms with Crippen LogP contribution in [0.4, 0.5) is 0 Å². The van der Waals surface area contributed by atoms with Gasteiger partial charge < -0.3 is 4.74 Å². The summed E-state index contributed by atoms with van der Waals surface area (Å²) in [4.78, 5) is 0. The summed E-state index contributed by atoms with van der Waals surface area (Å²) < 4.78 is 6.69. The molecule has 0 amide bonds. The lowest BCUT2D eigenvalue weighted by Gasteiger charge is -2.19. The Bertz CT molecular complexity index is 646. The molecule has 0 heterocycles. The first-order valence-electron chi connectivity index (χ1n) is 6.85. The van der Waals surface area contributed by atoms with Gasteiger partial charge in [0.2, 0.25) is 0 Å². The number of nitrogens with one attached hydrogen (secondary N) is 1. The zero-order valence-corrected chi connectivity index (χ0v) is 13.7. The molecule has 1 atom stereocenters. The molecule has 110 valence electrons. The average Bonchev–Trinajstić information content (AvgIpc) is 3.29. The highest BCUT2D eigenvalue weighted by Gasteiger charge is 2.24. The Kier molecular flexibility index (Phi) is 4.50. The van der Waals surface area contributed by atoms with E-state index >= 15 is 0 Å². The summed E-state index contributed by atoms with van der Waals surface area (Å²) in [6, 6.07) is 13.6. The highest BCUT2D eigenvalue weighted by Crippen LogP contribution is 2.34. The van der Waals surface area contributed by atoms with Crippen LogP contribution in [0, 0.1) is 0 Å². The minimum Gasteiger partial charge on any atom is -0.490 e. The molecular weight excluding hydrogens is 352 g/mol. The fraction of sp³-hybridized carbons (Fsp3) is 0.250. The van der Waals surface area contributed by atoms with Gasteiger partial charge in [0.1, 0.15) is 5.75 Å². The normalized spacial score (nSPS) is 15.8. The Morgan fingerprint density at radius 1 is 1.24 bits per heavy atom. The maximum atomic E-state index is 6.38. The zero-order valence-electron chi connectivity index (χ0n) is 11.4. The van der Waals surface area contributed by atoms with Gasteiger partial charge in [-0.3, -0.25) is 5.84 Å². The van der Waals surface area contributed by atoms with E-state index in [1.54, 1.807) is 0 Å². The largest absolute Gasteiger partial charge is 0.490 e. The van der Waals surface area contributed by atoms with Crippen LogP contribution in [0.25, 0.3) is 0 Å². The van der Waals surface area contributed by atoms with Crippen molar-refractivity contribution in [1.82, 2.24) is 5.43 Å². The van der Waals surface area contributed by atoms with E-state index in [0.29, 0.717) is 11.1 Å². The quantitative estimate of drug-likeness (QED) is 0.615. The second-order valence-electron chi connectivity index (χ2n) is 5.13. The molecule has 1 aliphatic rings. The van der Waals surface area contributed by atoms with Crippen LogP contribution in [0.3, 0.4) is 0 Å². The number of hydrazine groups is 1. The summed E-state index contributed by atoms with van der Waals surface area (Å²) in [7, 11) is 0. The van der Waals surface area contributed by atoms with Gasteiger partial charge >= 0.3 is 0 Å². The number of halogens is 2. The predicted molar refractivity (Wildman–Crippen MR) is 88.4 cm³/mol. The Labute approximate surface area is 137 Å². The van der Waals surface area contributed by atoms with Gasteiger partial charge in [0.25, 0.3) is 0 Å². The van der Waals surface area contributed by atoms with E-state index in [1.165, 1.54) is 0 Å². The lowest BCUT2D eigenvalue weighted by molar-refractivity contribution is 0.302. The van der Waals surface area contributed by atoms with Crippen LogP contribution < -0.4 is 16.0 Å². The number of rotatable bonds is 5. The number of benzene rings is 2. The van der Waals surface area contributed by atoms with Gasteiger partial charge in [0, 0.05) is 4.47 Å². The van der Waals surface area contributed by atoms with Crippen molar-refractivity contribution in [3.63, 3.8) is 0 Å². The first kappa shape index (κ1) is 14.9. The molecule has 5 heteroatoms.